The van der Waals surface area contributed by atoms with Crippen LogP contribution in [-0.2, 0) is 4.74 Å². The Morgan fingerprint density at radius 3 is 2.93 bits per heavy atom. The first kappa shape index (κ1) is 17.4. The van der Waals surface area contributed by atoms with Gasteiger partial charge >= 0.3 is 0 Å². The summed E-state index contributed by atoms with van der Waals surface area (Å²) in [6, 6.07) is 4.18. The molecule has 8 nitrogen and oxygen atoms in total. The number of aromatic amines is 1. The van der Waals surface area contributed by atoms with Crippen LogP contribution in [-0.4, -0.2) is 38.3 Å². The van der Waals surface area contributed by atoms with Crippen LogP contribution in [0.4, 0.5) is 10.8 Å². The number of nitrogens with one attached hydrogen (secondary N) is 1. The molecule has 1 unspecified atom stereocenters. The molecule has 0 spiro atoms. The highest BCUT2D eigenvalue weighted by Gasteiger charge is 2.35. The maximum absolute atomic E-state index is 12.0. The van der Waals surface area contributed by atoms with Crippen LogP contribution in [0, 0.1) is 0 Å². The quantitative estimate of drug-likeness (QED) is 0.662. The Bertz CT molecular complexity index is 969. The van der Waals surface area contributed by atoms with Crippen molar-refractivity contribution < 1.29 is 9.53 Å². The first-order valence-electron chi connectivity index (χ1n) is 9.60. The molecule has 5 rings (SSSR count). The zero-order valence-corrected chi connectivity index (χ0v) is 16.2. The second kappa shape index (κ2) is 7.06. The molecule has 1 saturated heterocycles. The lowest BCUT2D eigenvalue weighted by atomic mass is 10.2. The number of hydrogen-bond donors (Lipinski definition) is 2. The second-order valence-corrected chi connectivity index (χ2v) is 8.20. The summed E-state index contributed by atoms with van der Waals surface area (Å²) < 4.78 is 7.75. The molecule has 1 aliphatic heterocycles. The molecule has 2 aliphatic rings. The van der Waals surface area contributed by atoms with Gasteiger partial charge in [0.15, 0.2) is 10.8 Å². The number of carbonyl (C=O) groups excluding carboxylic acids is 1. The summed E-state index contributed by atoms with van der Waals surface area (Å²) in [5.41, 5.74) is 7.73. The molecule has 2 fully saturated rings. The van der Waals surface area contributed by atoms with Crippen molar-refractivity contribution in [3.8, 4) is 10.6 Å². The molecule has 146 valence electrons. The molecule has 3 aromatic heterocycles. The Morgan fingerprint density at radius 2 is 2.25 bits per heavy atom. The van der Waals surface area contributed by atoms with E-state index in [0.717, 1.165) is 60.1 Å². The monoisotopic (exact) mass is 398 g/mol. The van der Waals surface area contributed by atoms with Gasteiger partial charge in [0.25, 0.3) is 5.91 Å². The van der Waals surface area contributed by atoms with Gasteiger partial charge in [0, 0.05) is 18.8 Å². The van der Waals surface area contributed by atoms with Crippen molar-refractivity contribution in [3.63, 3.8) is 0 Å². The third kappa shape index (κ3) is 3.20. The van der Waals surface area contributed by atoms with Gasteiger partial charge in [-0.05, 0) is 44.2 Å². The zero-order valence-electron chi connectivity index (χ0n) is 15.4. The number of nitrogens with two attached hydrogens (primary N) is 1. The van der Waals surface area contributed by atoms with Crippen LogP contribution in [0.1, 0.15) is 48.8 Å². The van der Waals surface area contributed by atoms with Crippen molar-refractivity contribution in [1.82, 2.24) is 19.7 Å². The van der Waals surface area contributed by atoms with Crippen molar-refractivity contribution in [3.05, 3.63) is 36.4 Å². The van der Waals surface area contributed by atoms with E-state index in [9.17, 15) is 4.79 Å². The van der Waals surface area contributed by atoms with E-state index in [2.05, 4.69) is 20.0 Å². The molecule has 4 heterocycles. The third-order valence-electron chi connectivity index (χ3n) is 5.13. The first-order chi connectivity index (χ1) is 13.7. The summed E-state index contributed by atoms with van der Waals surface area (Å²) in [6.07, 6.45) is 11.1. The molecular weight excluding hydrogens is 376 g/mol. The highest BCUT2D eigenvalue weighted by molar-refractivity contribution is 7.19. The SMILES string of the molecule is NC(=O)c1nc(N(c2cnn(C3CCCCO3)c2)C2CC2)sc1-c1ccc[nH]1. The number of carbonyl (C=O) groups is 1. The fourth-order valence-electron chi connectivity index (χ4n) is 3.59. The Balaban J connectivity index is 1.50. The summed E-state index contributed by atoms with van der Waals surface area (Å²) in [5.74, 6) is -0.519. The molecule has 1 atom stereocenters. The van der Waals surface area contributed by atoms with Crippen LogP contribution < -0.4 is 10.6 Å². The fraction of sp³-hybridized carbons (Fsp3) is 0.421. The maximum atomic E-state index is 12.0. The predicted molar refractivity (Wildman–Crippen MR) is 107 cm³/mol. The largest absolute Gasteiger partial charge is 0.364 e. The van der Waals surface area contributed by atoms with Gasteiger partial charge in [-0.25, -0.2) is 9.67 Å². The molecule has 0 aromatic carbocycles. The molecule has 1 saturated carbocycles. The molecule has 9 heteroatoms. The lowest BCUT2D eigenvalue weighted by Crippen LogP contribution is -2.20. The van der Waals surface area contributed by atoms with Gasteiger partial charge < -0.3 is 20.4 Å². The number of thiazole rings is 1. The van der Waals surface area contributed by atoms with E-state index < -0.39 is 5.91 Å². The van der Waals surface area contributed by atoms with Crippen LogP contribution in [0.25, 0.3) is 10.6 Å². The van der Waals surface area contributed by atoms with E-state index in [1.54, 1.807) is 0 Å². The molecule has 1 aliphatic carbocycles. The molecule has 28 heavy (non-hydrogen) atoms. The number of ether oxygens (including phenoxy) is 1. The standard InChI is InChI=1S/C19H22N6O2S/c20-18(26)16-17(14-4-3-8-21-14)28-19(23-16)25(12-6-7-12)13-10-22-24(11-13)15-5-1-2-9-27-15/h3-4,8,10-12,15,21H,1-2,5-7,9H2,(H2,20,26). The van der Waals surface area contributed by atoms with Crippen molar-refractivity contribution in [2.45, 2.75) is 44.4 Å². The molecule has 0 bridgehead atoms. The van der Waals surface area contributed by atoms with Gasteiger partial charge in [-0.2, -0.15) is 5.10 Å². The van der Waals surface area contributed by atoms with Crippen molar-refractivity contribution in [2.75, 3.05) is 11.5 Å². The van der Waals surface area contributed by atoms with Gasteiger partial charge in [-0.1, -0.05) is 11.3 Å². The Hall–Kier alpha value is -2.65. The summed E-state index contributed by atoms with van der Waals surface area (Å²) in [5, 5.41) is 5.31. The fourth-order valence-corrected chi connectivity index (χ4v) is 4.74. The first-order valence-corrected chi connectivity index (χ1v) is 10.4. The predicted octanol–water partition coefficient (Wildman–Crippen LogP) is 3.43. The Labute approximate surface area is 166 Å². The van der Waals surface area contributed by atoms with Crippen LogP contribution in [0.15, 0.2) is 30.7 Å². The van der Waals surface area contributed by atoms with E-state index in [1.807, 2.05) is 35.4 Å². The van der Waals surface area contributed by atoms with Crippen LogP contribution in [0.5, 0.6) is 0 Å². The number of aromatic nitrogens is 4. The molecular formula is C19H22N6O2S. The van der Waals surface area contributed by atoms with E-state index in [1.165, 1.54) is 11.3 Å². The number of hydrogen-bond acceptors (Lipinski definition) is 6. The third-order valence-corrected chi connectivity index (χ3v) is 6.21. The summed E-state index contributed by atoms with van der Waals surface area (Å²) in [4.78, 5) is 22.7. The highest BCUT2D eigenvalue weighted by atomic mass is 32.1. The summed E-state index contributed by atoms with van der Waals surface area (Å²) in [7, 11) is 0. The van der Waals surface area contributed by atoms with Crippen LogP contribution in [0.2, 0.25) is 0 Å². The lowest BCUT2D eigenvalue weighted by Gasteiger charge is -2.23. The van der Waals surface area contributed by atoms with Gasteiger partial charge in [0.1, 0.15) is 6.23 Å². The number of primary amides is 1. The summed E-state index contributed by atoms with van der Waals surface area (Å²) in [6.45, 7) is 0.778. The Kier molecular flexibility index (Phi) is 4.40. The molecule has 1 amide bonds. The van der Waals surface area contributed by atoms with Crippen molar-refractivity contribution >= 4 is 28.1 Å². The molecule has 3 aromatic rings. The minimum Gasteiger partial charge on any atom is -0.364 e. The Morgan fingerprint density at radius 1 is 1.36 bits per heavy atom. The van der Waals surface area contributed by atoms with E-state index in [-0.39, 0.29) is 6.23 Å². The zero-order chi connectivity index (χ0) is 19.1. The number of H-pyrrole nitrogens is 1. The number of amides is 1. The lowest BCUT2D eigenvalue weighted by molar-refractivity contribution is -0.0394. The minimum atomic E-state index is -0.519. The number of anilines is 2. The average Bonchev–Trinajstić information content (AvgIpc) is 3.12. The molecule has 0 radical (unpaired) electrons. The average molecular weight is 398 g/mol. The van der Waals surface area contributed by atoms with Crippen LogP contribution >= 0.6 is 11.3 Å². The number of nitrogens with zero attached hydrogens (tertiary/aromatic N) is 4. The van der Waals surface area contributed by atoms with Gasteiger partial charge in [0.2, 0.25) is 0 Å². The van der Waals surface area contributed by atoms with E-state index in [4.69, 9.17) is 10.5 Å². The van der Waals surface area contributed by atoms with E-state index >= 15 is 0 Å². The smallest absolute Gasteiger partial charge is 0.268 e. The van der Waals surface area contributed by atoms with Crippen molar-refractivity contribution in [1.29, 1.82) is 0 Å². The van der Waals surface area contributed by atoms with Crippen molar-refractivity contribution in [2.24, 2.45) is 5.73 Å². The summed E-state index contributed by atoms with van der Waals surface area (Å²) >= 11 is 1.48. The maximum Gasteiger partial charge on any atom is 0.268 e. The van der Waals surface area contributed by atoms with Gasteiger partial charge in [-0.15, -0.1) is 0 Å². The number of rotatable bonds is 6. The molecule has 3 N–H and O–H groups in total. The van der Waals surface area contributed by atoms with E-state index in [0.29, 0.717) is 11.7 Å². The topological polar surface area (TPSA) is 102 Å². The van der Waals surface area contributed by atoms with Gasteiger partial charge in [-0.3, -0.25) is 4.79 Å². The second-order valence-electron chi connectivity index (χ2n) is 7.22. The highest BCUT2D eigenvalue weighted by Crippen LogP contribution is 2.43. The van der Waals surface area contributed by atoms with Crippen LogP contribution in [0.3, 0.4) is 0 Å². The minimum absolute atomic E-state index is 0.00416. The normalized spacial score (nSPS) is 19.6. The van der Waals surface area contributed by atoms with Gasteiger partial charge in [0.05, 0.1) is 28.7 Å².